The summed E-state index contributed by atoms with van der Waals surface area (Å²) < 4.78 is 19.8. The number of nitrogens with one attached hydrogen (secondary N) is 1. The van der Waals surface area contributed by atoms with E-state index in [1.807, 2.05) is 19.9 Å². The van der Waals surface area contributed by atoms with E-state index < -0.39 is 27.8 Å². The molecule has 0 aliphatic heterocycles. The third kappa shape index (κ3) is 6.42. The molecule has 0 saturated heterocycles. The smallest absolute Gasteiger partial charge is 0.272 e. The Morgan fingerprint density at radius 2 is 1.96 bits per heavy atom. The molecule has 0 aliphatic carbocycles. The fourth-order valence-corrected chi connectivity index (χ4v) is 5.39. The Morgan fingerprint density at radius 1 is 1.30 bits per heavy atom. The topological polar surface area (TPSA) is 102 Å². The van der Waals surface area contributed by atoms with Crippen LogP contribution >= 0.6 is 22.9 Å². The van der Waals surface area contributed by atoms with Crippen LogP contribution in [0.25, 0.3) is 0 Å². The molecule has 6 nitrogen and oxygen atoms in total. The van der Waals surface area contributed by atoms with E-state index in [1.54, 1.807) is 29.6 Å². The number of carbonyl (C=O) groups is 2. The van der Waals surface area contributed by atoms with Crippen LogP contribution in [0, 0.1) is 5.92 Å². The zero-order chi connectivity index (χ0) is 20.0. The molecule has 2 rings (SSSR count). The van der Waals surface area contributed by atoms with Gasteiger partial charge in [-0.05, 0) is 24.0 Å². The summed E-state index contributed by atoms with van der Waals surface area (Å²) in [5.74, 6) is -1.04. The molecule has 2 atom stereocenters. The van der Waals surface area contributed by atoms with Crippen LogP contribution in [0.2, 0.25) is 5.02 Å². The van der Waals surface area contributed by atoms with Crippen molar-refractivity contribution < 1.29 is 13.8 Å². The first kappa shape index (κ1) is 21.6. The molecule has 1 aromatic carbocycles. The maximum atomic E-state index is 13.4. The van der Waals surface area contributed by atoms with Gasteiger partial charge >= 0.3 is 0 Å². The number of halogens is 1. The van der Waals surface area contributed by atoms with E-state index in [2.05, 4.69) is 9.08 Å². The van der Waals surface area contributed by atoms with Gasteiger partial charge in [0.25, 0.3) is 5.91 Å². The van der Waals surface area contributed by atoms with Gasteiger partial charge in [0.15, 0.2) is 9.92 Å². The van der Waals surface area contributed by atoms with Gasteiger partial charge in [-0.1, -0.05) is 55.8 Å². The summed E-state index contributed by atoms with van der Waals surface area (Å²) in [6.45, 7) is 3.84. The van der Waals surface area contributed by atoms with E-state index >= 15 is 0 Å². The quantitative estimate of drug-likeness (QED) is 0.706. The van der Waals surface area contributed by atoms with Crippen molar-refractivity contribution in [3.8, 4) is 0 Å². The van der Waals surface area contributed by atoms with Crippen molar-refractivity contribution in [2.75, 3.05) is 0 Å². The van der Waals surface area contributed by atoms with Crippen LogP contribution in [0.1, 0.15) is 25.8 Å². The third-order valence-electron chi connectivity index (χ3n) is 3.54. The lowest BCUT2D eigenvalue weighted by atomic mass is 10.0. The minimum Gasteiger partial charge on any atom is -0.320 e. The van der Waals surface area contributed by atoms with Crippen LogP contribution in [0.4, 0.5) is 0 Å². The Kier molecular flexibility index (Phi) is 7.55. The Morgan fingerprint density at radius 3 is 2.52 bits per heavy atom. The molecular formula is C18H22ClN3O3S2. The van der Waals surface area contributed by atoms with Crippen molar-refractivity contribution in [3.63, 3.8) is 0 Å². The zero-order valence-corrected chi connectivity index (χ0v) is 17.4. The lowest BCUT2D eigenvalue weighted by Crippen LogP contribution is -2.35. The van der Waals surface area contributed by atoms with Gasteiger partial charge in [0.05, 0.1) is 17.5 Å². The van der Waals surface area contributed by atoms with Crippen LogP contribution in [0.3, 0.4) is 0 Å². The first-order valence-electron chi connectivity index (χ1n) is 8.35. The first-order chi connectivity index (χ1) is 12.7. The largest absolute Gasteiger partial charge is 0.320 e. The van der Waals surface area contributed by atoms with Crippen molar-refractivity contribution in [3.05, 3.63) is 52.4 Å². The maximum absolute atomic E-state index is 13.4. The number of nitrogens with two attached hydrogens (primary N) is 1. The molecule has 0 aliphatic rings. The number of thiophene rings is 1. The number of amides is 2. The van der Waals surface area contributed by atoms with E-state index in [9.17, 15) is 13.8 Å². The van der Waals surface area contributed by atoms with Gasteiger partial charge in [-0.2, -0.15) is 0 Å². The Labute approximate surface area is 168 Å². The lowest BCUT2D eigenvalue weighted by Gasteiger charge is -2.13. The Hall–Kier alpha value is -1.74. The van der Waals surface area contributed by atoms with Crippen molar-refractivity contribution in [1.82, 2.24) is 4.72 Å². The highest BCUT2D eigenvalue weighted by Gasteiger charge is 2.23. The summed E-state index contributed by atoms with van der Waals surface area (Å²) in [4.78, 5) is 24.8. The molecule has 2 aromatic rings. The molecule has 0 radical (unpaired) electrons. The van der Waals surface area contributed by atoms with E-state index in [0.29, 0.717) is 11.4 Å². The van der Waals surface area contributed by atoms with E-state index in [-0.39, 0.29) is 16.5 Å². The molecule has 0 bridgehead atoms. The molecule has 146 valence electrons. The molecule has 0 saturated carbocycles. The standard InChI is InChI=1S/C18H22ClN3O3S2/c1-12(2)8-15(20)18(24)22-27(25,17-10-14(19)11-26-17)21-16(23)9-13-6-4-3-5-7-13/h3-7,10-12,15H,8-9,20H2,1-2H3,(H,21,22,23,24,25)/t15-,27?/m0/s1. The molecule has 1 aromatic heterocycles. The number of carbonyl (C=O) groups excluding carboxylic acids is 2. The molecule has 1 heterocycles. The maximum Gasteiger partial charge on any atom is 0.272 e. The normalized spacial score (nSPS) is 14.4. The van der Waals surface area contributed by atoms with Gasteiger partial charge in [-0.3, -0.25) is 14.3 Å². The molecular weight excluding hydrogens is 406 g/mol. The summed E-state index contributed by atoms with van der Waals surface area (Å²) >= 11 is 6.99. The molecule has 2 amide bonds. The second-order valence-electron chi connectivity index (χ2n) is 6.46. The molecule has 9 heteroatoms. The highest BCUT2D eigenvalue weighted by molar-refractivity contribution is 7.94. The fourth-order valence-electron chi connectivity index (χ4n) is 2.33. The average molecular weight is 428 g/mol. The molecule has 0 fully saturated rings. The third-order valence-corrected chi connectivity index (χ3v) is 7.18. The first-order valence-corrected chi connectivity index (χ1v) is 11.1. The summed E-state index contributed by atoms with van der Waals surface area (Å²) in [7, 11) is -3.52. The highest BCUT2D eigenvalue weighted by Crippen LogP contribution is 2.25. The summed E-state index contributed by atoms with van der Waals surface area (Å²) in [5, 5.41) is 1.92. The van der Waals surface area contributed by atoms with Crippen molar-refractivity contribution in [2.24, 2.45) is 16.0 Å². The summed E-state index contributed by atoms with van der Waals surface area (Å²) in [6.07, 6.45) is 0.416. The lowest BCUT2D eigenvalue weighted by molar-refractivity contribution is -0.119. The van der Waals surface area contributed by atoms with Gasteiger partial charge in [-0.25, -0.2) is 4.21 Å². The number of nitrogens with zero attached hydrogens (tertiary/aromatic N) is 1. The SMILES string of the molecule is CC(C)C[C@H](N)C(=O)N=S(=O)(NC(=O)Cc1ccccc1)c1cc(Cl)cs1. The fraction of sp³-hybridized carbons (Fsp3) is 0.333. The molecule has 0 spiro atoms. The summed E-state index contributed by atoms with van der Waals surface area (Å²) in [6, 6.07) is 9.56. The van der Waals surface area contributed by atoms with Crippen LogP contribution in [0.5, 0.6) is 0 Å². The average Bonchev–Trinajstić information content (AvgIpc) is 3.02. The van der Waals surface area contributed by atoms with Crippen LogP contribution in [0.15, 0.2) is 50.4 Å². The second-order valence-corrected chi connectivity index (χ2v) is 9.95. The predicted molar refractivity (Wildman–Crippen MR) is 109 cm³/mol. The van der Waals surface area contributed by atoms with Crippen LogP contribution < -0.4 is 10.5 Å². The molecule has 1 unspecified atom stereocenters. The second kappa shape index (κ2) is 9.45. The van der Waals surface area contributed by atoms with Crippen molar-refractivity contribution in [1.29, 1.82) is 0 Å². The Balaban J connectivity index is 2.30. The van der Waals surface area contributed by atoms with E-state index in [4.69, 9.17) is 17.3 Å². The van der Waals surface area contributed by atoms with Gasteiger partial charge in [-0.15, -0.1) is 15.7 Å². The minimum absolute atomic E-state index is 0.0126. The van der Waals surface area contributed by atoms with Crippen molar-refractivity contribution >= 4 is 44.7 Å². The predicted octanol–water partition coefficient (Wildman–Crippen LogP) is 3.40. The van der Waals surface area contributed by atoms with E-state index in [0.717, 1.165) is 16.9 Å². The van der Waals surface area contributed by atoms with Gasteiger partial charge in [0.1, 0.15) is 4.21 Å². The number of hydrogen-bond donors (Lipinski definition) is 2. The van der Waals surface area contributed by atoms with Gasteiger partial charge < -0.3 is 5.73 Å². The van der Waals surface area contributed by atoms with Gasteiger partial charge in [0, 0.05) is 5.38 Å². The highest BCUT2D eigenvalue weighted by atomic mass is 35.5. The van der Waals surface area contributed by atoms with Crippen LogP contribution in [-0.4, -0.2) is 22.1 Å². The van der Waals surface area contributed by atoms with Gasteiger partial charge in [0.2, 0.25) is 5.91 Å². The molecule has 27 heavy (non-hydrogen) atoms. The molecule has 3 N–H and O–H groups in total. The number of rotatable bonds is 7. The number of benzene rings is 1. The monoisotopic (exact) mass is 427 g/mol. The van der Waals surface area contributed by atoms with E-state index in [1.165, 1.54) is 6.07 Å². The summed E-state index contributed by atoms with van der Waals surface area (Å²) in [5.41, 5.74) is 6.61. The minimum atomic E-state index is -3.52. The van der Waals surface area contributed by atoms with Crippen molar-refractivity contribution in [2.45, 2.75) is 36.9 Å². The van der Waals surface area contributed by atoms with Crippen LogP contribution in [-0.2, 0) is 25.9 Å². The zero-order valence-electron chi connectivity index (χ0n) is 15.1. The number of hydrogen-bond acceptors (Lipinski definition) is 5. The Bertz CT molecular complexity index is 919.